The number of carbonyl (C=O) groups is 1. The quantitative estimate of drug-likeness (QED) is 0.743. The summed E-state index contributed by atoms with van der Waals surface area (Å²) < 4.78 is 45.3. The van der Waals surface area contributed by atoms with Gasteiger partial charge in [-0.05, 0) is 24.3 Å². The zero-order valence-corrected chi connectivity index (χ0v) is 13.1. The van der Waals surface area contributed by atoms with Gasteiger partial charge in [-0.25, -0.2) is 0 Å². The maximum Gasteiger partial charge on any atom is 0.573 e. The van der Waals surface area contributed by atoms with Crippen molar-refractivity contribution in [3.63, 3.8) is 0 Å². The maximum absolute atomic E-state index is 12.1. The molecule has 2 rings (SSSR count). The number of rotatable bonds is 6. The van der Waals surface area contributed by atoms with Crippen LogP contribution in [-0.4, -0.2) is 61.4 Å². The number of amides is 1. The van der Waals surface area contributed by atoms with Crippen molar-refractivity contribution >= 4 is 5.91 Å². The molecule has 1 aliphatic rings. The normalized spacial score (nSPS) is 15.9. The lowest BCUT2D eigenvalue weighted by atomic mass is 10.3. The van der Waals surface area contributed by atoms with E-state index in [9.17, 15) is 18.0 Å². The molecule has 0 aliphatic carbocycles. The third-order valence-corrected chi connectivity index (χ3v) is 3.53. The van der Waals surface area contributed by atoms with Gasteiger partial charge in [-0.15, -0.1) is 19.8 Å². The summed E-state index contributed by atoms with van der Waals surface area (Å²) in [6, 6.07) is 4.94. The summed E-state index contributed by atoms with van der Waals surface area (Å²) >= 11 is 0. The van der Waals surface area contributed by atoms with Gasteiger partial charge in [-0.2, -0.15) is 0 Å². The highest BCUT2D eigenvalue weighted by molar-refractivity contribution is 5.77. The van der Waals surface area contributed by atoms with Crippen molar-refractivity contribution in [1.29, 1.82) is 0 Å². The SMILES string of the molecule is C=CCN1CCN(C(=O)COc2ccc(OC(F)(F)F)cc2)CC1. The molecule has 1 fully saturated rings. The van der Waals surface area contributed by atoms with Gasteiger partial charge in [0.2, 0.25) is 0 Å². The first-order valence-electron chi connectivity index (χ1n) is 7.47. The van der Waals surface area contributed by atoms with Crippen molar-refractivity contribution in [2.24, 2.45) is 0 Å². The first-order valence-corrected chi connectivity index (χ1v) is 7.47. The van der Waals surface area contributed by atoms with Crippen molar-refractivity contribution in [3.8, 4) is 11.5 Å². The Balaban J connectivity index is 1.77. The number of piperazine rings is 1. The predicted octanol–water partition coefficient (Wildman–Crippen LogP) is 2.29. The number of hydrogen-bond acceptors (Lipinski definition) is 4. The third kappa shape index (κ3) is 5.77. The Bertz CT molecular complexity index is 553. The van der Waals surface area contributed by atoms with Crippen molar-refractivity contribution in [3.05, 3.63) is 36.9 Å². The van der Waals surface area contributed by atoms with Crippen LogP contribution in [0.15, 0.2) is 36.9 Å². The molecule has 0 bridgehead atoms. The molecule has 1 aromatic rings. The van der Waals surface area contributed by atoms with E-state index in [0.29, 0.717) is 18.8 Å². The Kier molecular flexibility index (Phi) is 6.08. The highest BCUT2D eigenvalue weighted by atomic mass is 19.4. The minimum atomic E-state index is -4.73. The molecule has 8 heteroatoms. The topological polar surface area (TPSA) is 42.0 Å². The molecule has 1 heterocycles. The second kappa shape index (κ2) is 8.05. The largest absolute Gasteiger partial charge is 0.573 e. The summed E-state index contributed by atoms with van der Waals surface area (Å²) in [5, 5.41) is 0. The van der Waals surface area contributed by atoms with Gasteiger partial charge in [0.15, 0.2) is 6.61 Å². The lowest BCUT2D eigenvalue weighted by Crippen LogP contribution is -2.49. The van der Waals surface area contributed by atoms with E-state index in [-0.39, 0.29) is 18.3 Å². The van der Waals surface area contributed by atoms with Crippen LogP contribution in [0.5, 0.6) is 11.5 Å². The van der Waals surface area contributed by atoms with Crippen LogP contribution in [0.25, 0.3) is 0 Å². The van der Waals surface area contributed by atoms with E-state index >= 15 is 0 Å². The molecular weight excluding hydrogens is 325 g/mol. The summed E-state index contributed by atoms with van der Waals surface area (Å²) in [4.78, 5) is 16.0. The second-order valence-corrected chi connectivity index (χ2v) is 5.28. The summed E-state index contributed by atoms with van der Waals surface area (Å²) in [6.07, 6.45) is -2.90. The number of halogens is 3. The molecule has 0 radical (unpaired) electrons. The molecule has 0 unspecified atom stereocenters. The van der Waals surface area contributed by atoms with E-state index in [1.54, 1.807) is 4.90 Å². The van der Waals surface area contributed by atoms with Crippen molar-refractivity contribution < 1.29 is 27.4 Å². The van der Waals surface area contributed by atoms with Crippen LogP contribution in [0.4, 0.5) is 13.2 Å². The van der Waals surface area contributed by atoms with Crippen molar-refractivity contribution in [1.82, 2.24) is 9.80 Å². The second-order valence-electron chi connectivity index (χ2n) is 5.28. The number of hydrogen-bond donors (Lipinski definition) is 0. The molecule has 1 amide bonds. The fourth-order valence-electron chi connectivity index (χ4n) is 2.34. The Morgan fingerprint density at radius 2 is 1.71 bits per heavy atom. The highest BCUT2D eigenvalue weighted by Crippen LogP contribution is 2.24. The van der Waals surface area contributed by atoms with E-state index in [2.05, 4.69) is 16.2 Å². The molecule has 1 aliphatic heterocycles. The predicted molar refractivity (Wildman–Crippen MR) is 81.8 cm³/mol. The molecule has 0 N–H and O–H groups in total. The maximum atomic E-state index is 12.1. The van der Waals surface area contributed by atoms with Gasteiger partial charge in [-0.3, -0.25) is 9.69 Å². The molecule has 1 saturated heterocycles. The molecule has 5 nitrogen and oxygen atoms in total. The zero-order chi connectivity index (χ0) is 17.6. The monoisotopic (exact) mass is 344 g/mol. The first kappa shape index (κ1) is 18.1. The van der Waals surface area contributed by atoms with Crippen LogP contribution < -0.4 is 9.47 Å². The lowest BCUT2D eigenvalue weighted by molar-refractivity contribution is -0.274. The number of carbonyl (C=O) groups excluding carboxylic acids is 1. The average molecular weight is 344 g/mol. The minimum Gasteiger partial charge on any atom is -0.484 e. The van der Waals surface area contributed by atoms with Crippen LogP contribution in [0.3, 0.4) is 0 Å². The molecule has 0 atom stereocenters. The summed E-state index contributed by atoms with van der Waals surface area (Å²) in [6.45, 7) is 7.13. The van der Waals surface area contributed by atoms with Gasteiger partial charge in [-0.1, -0.05) is 6.08 Å². The number of nitrogens with zero attached hydrogens (tertiary/aromatic N) is 2. The molecule has 24 heavy (non-hydrogen) atoms. The van der Waals surface area contributed by atoms with E-state index in [1.165, 1.54) is 12.1 Å². The summed E-state index contributed by atoms with van der Waals surface area (Å²) in [7, 11) is 0. The summed E-state index contributed by atoms with van der Waals surface area (Å²) in [5.74, 6) is -0.174. The van der Waals surface area contributed by atoms with E-state index in [0.717, 1.165) is 31.8 Å². The van der Waals surface area contributed by atoms with Crippen LogP contribution in [0.1, 0.15) is 0 Å². The van der Waals surface area contributed by atoms with Crippen molar-refractivity contribution in [2.45, 2.75) is 6.36 Å². The van der Waals surface area contributed by atoms with Gasteiger partial charge in [0.25, 0.3) is 5.91 Å². The fourth-order valence-corrected chi connectivity index (χ4v) is 2.34. The molecule has 0 aromatic heterocycles. The standard InChI is InChI=1S/C16H19F3N2O3/c1-2-7-20-8-10-21(11-9-20)15(22)12-23-13-3-5-14(6-4-13)24-16(17,18)19/h2-6H,1,7-12H2. The zero-order valence-electron chi connectivity index (χ0n) is 13.1. The lowest BCUT2D eigenvalue weighted by Gasteiger charge is -2.34. The van der Waals surface area contributed by atoms with Crippen LogP contribution in [0, 0.1) is 0 Å². The van der Waals surface area contributed by atoms with Gasteiger partial charge in [0.05, 0.1) is 0 Å². The Hall–Kier alpha value is -2.22. The number of ether oxygens (including phenoxy) is 2. The number of alkyl halides is 3. The van der Waals surface area contributed by atoms with Gasteiger partial charge < -0.3 is 14.4 Å². The number of benzene rings is 1. The van der Waals surface area contributed by atoms with E-state index in [1.807, 2.05) is 6.08 Å². The summed E-state index contributed by atoms with van der Waals surface area (Å²) in [5.41, 5.74) is 0. The Morgan fingerprint density at radius 1 is 1.12 bits per heavy atom. The highest BCUT2D eigenvalue weighted by Gasteiger charge is 2.31. The van der Waals surface area contributed by atoms with Gasteiger partial charge in [0, 0.05) is 32.7 Å². The average Bonchev–Trinajstić information content (AvgIpc) is 2.53. The van der Waals surface area contributed by atoms with E-state index < -0.39 is 6.36 Å². The smallest absolute Gasteiger partial charge is 0.484 e. The fraction of sp³-hybridized carbons (Fsp3) is 0.438. The van der Waals surface area contributed by atoms with Crippen LogP contribution in [-0.2, 0) is 4.79 Å². The van der Waals surface area contributed by atoms with Crippen LogP contribution in [0.2, 0.25) is 0 Å². The molecule has 0 saturated carbocycles. The first-order chi connectivity index (χ1) is 11.4. The van der Waals surface area contributed by atoms with Crippen molar-refractivity contribution in [2.75, 3.05) is 39.3 Å². The van der Waals surface area contributed by atoms with Crippen LogP contribution >= 0.6 is 0 Å². The van der Waals surface area contributed by atoms with Gasteiger partial charge >= 0.3 is 6.36 Å². The Morgan fingerprint density at radius 3 is 2.25 bits per heavy atom. The van der Waals surface area contributed by atoms with E-state index in [4.69, 9.17) is 4.74 Å². The van der Waals surface area contributed by atoms with Gasteiger partial charge in [0.1, 0.15) is 11.5 Å². The Labute approximate surface area is 138 Å². The third-order valence-electron chi connectivity index (χ3n) is 3.53. The molecule has 1 aromatic carbocycles. The minimum absolute atomic E-state index is 0.149. The molecule has 132 valence electrons. The molecular formula is C16H19F3N2O3. The molecule has 0 spiro atoms.